The maximum absolute atomic E-state index is 9.24. The average molecular weight is 337 g/mol. The fourth-order valence-electron chi connectivity index (χ4n) is 2.59. The lowest BCUT2D eigenvalue weighted by Gasteiger charge is -2.10. The summed E-state index contributed by atoms with van der Waals surface area (Å²) in [6.45, 7) is 2.69. The summed E-state index contributed by atoms with van der Waals surface area (Å²) < 4.78 is 7.13. The minimum atomic E-state index is 0.0313. The Hall–Kier alpha value is -2.63. The molecule has 2 aromatic carbocycles. The molecule has 5 nitrogen and oxygen atoms in total. The summed E-state index contributed by atoms with van der Waals surface area (Å²) in [5.74, 6) is 0.819. The number of nitrogens with one attached hydrogen (secondary N) is 1. The Bertz CT molecular complexity index is 798. The summed E-state index contributed by atoms with van der Waals surface area (Å²) >= 11 is 0. The topological polar surface area (TPSA) is 59.3 Å². The first-order valence-corrected chi connectivity index (χ1v) is 8.34. The van der Waals surface area contributed by atoms with Crippen molar-refractivity contribution in [2.24, 2.45) is 0 Å². The highest BCUT2D eigenvalue weighted by Gasteiger charge is 2.13. The minimum Gasteiger partial charge on any atom is -0.497 e. The molecule has 1 aromatic heterocycles. The van der Waals surface area contributed by atoms with Gasteiger partial charge < -0.3 is 15.2 Å². The van der Waals surface area contributed by atoms with E-state index >= 15 is 0 Å². The van der Waals surface area contributed by atoms with Gasteiger partial charge in [0.25, 0.3) is 0 Å². The summed E-state index contributed by atoms with van der Waals surface area (Å²) in [6.07, 6.45) is 2.03. The van der Waals surface area contributed by atoms with Gasteiger partial charge in [-0.1, -0.05) is 18.2 Å². The number of hydrogen-bond acceptors (Lipinski definition) is 4. The van der Waals surface area contributed by atoms with E-state index in [1.165, 1.54) is 0 Å². The molecule has 1 heterocycles. The largest absolute Gasteiger partial charge is 0.497 e. The number of ether oxygens (including phenoxy) is 1. The number of methoxy groups -OCH3 is 1. The van der Waals surface area contributed by atoms with Gasteiger partial charge in [0, 0.05) is 29.9 Å². The van der Waals surface area contributed by atoms with Crippen LogP contribution in [-0.4, -0.2) is 34.6 Å². The number of hydrogen-bond donors (Lipinski definition) is 2. The smallest absolute Gasteiger partial charge is 0.118 e. The molecule has 0 aliphatic carbocycles. The van der Waals surface area contributed by atoms with E-state index in [0.29, 0.717) is 6.54 Å². The Labute approximate surface area is 147 Å². The van der Waals surface area contributed by atoms with Crippen molar-refractivity contribution in [3.63, 3.8) is 0 Å². The lowest BCUT2D eigenvalue weighted by molar-refractivity contribution is 0.251. The second-order valence-corrected chi connectivity index (χ2v) is 5.98. The van der Waals surface area contributed by atoms with Crippen LogP contribution in [0.4, 0.5) is 0 Å². The van der Waals surface area contributed by atoms with Gasteiger partial charge in [-0.05, 0) is 43.3 Å². The van der Waals surface area contributed by atoms with Crippen molar-refractivity contribution in [3.05, 3.63) is 66.4 Å². The zero-order valence-corrected chi connectivity index (χ0v) is 14.5. The van der Waals surface area contributed by atoms with Crippen molar-refractivity contribution in [1.29, 1.82) is 0 Å². The fourth-order valence-corrected chi connectivity index (χ4v) is 2.59. The van der Waals surface area contributed by atoms with Crippen LogP contribution in [0.3, 0.4) is 0 Å². The number of aromatic nitrogens is 2. The van der Waals surface area contributed by atoms with Crippen LogP contribution in [0, 0.1) is 0 Å². The standard InChI is InChI=1S/C20H23N3O2/c1-15(14-24)21-12-17-13-23(18-6-4-3-5-7-18)22-20(17)16-8-10-19(25-2)11-9-16/h3-11,13,15,21,24H,12,14H2,1-2H3. The molecule has 1 unspecified atom stereocenters. The third-order valence-corrected chi connectivity index (χ3v) is 4.09. The van der Waals surface area contributed by atoms with Crippen LogP contribution in [0.5, 0.6) is 5.75 Å². The van der Waals surface area contributed by atoms with Crippen LogP contribution >= 0.6 is 0 Å². The second-order valence-electron chi connectivity index (χ2n) is 5.98. The van der Waals surface area contributed by atoms with Crippen molar-refractivity contribution in [2.75, 3.05) is 13.7 Å². The van der Waals surface area contributed by atoms with Gasteiger partial charge in [0.05, 0.1) is 25.1 Å². The summed E-state index contributed by atoms with van der Waals surface area (Å²) in [7, 11) is 1.66. The highest BCUT2D eigenvalue weighted by Crippen LogP contribution is 2.25. The van der Waals surface area contributed by atoms with Crippen LogP contribution in [0.1, 0.15) is 12.5 Å². The third-order valence-electron chi connectivity index (χ3n) is 4.09. The molecule has 0 aliphatic rings. The highest BCUT2D eigenvalue weighted by atomic mass is 16.5. The molecule has 0 bridgehead atoms. The van der Waals surface area contributed by atoms with Gasteiger partial charge in [-0.25, -0.2) is 4.68 Å². The van der Waals surface area contributed by atoms with Crippen molar-refractivity contribution in [3.8, 4) is 22.7 Å². The molecule has 130 valence electrons. The molecule has 0 spiro atoms. The molecule has 1 atom stereocenters. The van der Waals surface area contributed by atoms with Crippen molar-refractivity contribution in [1.82, 2.24) is 15.1 Å². The van der Waals surface area contributed by atoms with Gasteiger partial charge in [0.1, 0.15) is 5.75 Å². The monoisotopic (exact) mass is 337 g/mol. The van der Waals surface area contributed by atoms with E-state index < -0.39 is 0 Å². The maximum Gasteiger partial charge on any atom is 0.118 e. The van der Waals surface area contributed by atoms with E-state index in [1.807, 2.05) is 72.4 Å². The van der Waals surface area contributed by atoms with Gasteiger partial charge in [0.2, 0.25) is 0 Å². The first-order chi connectivity index (χ1) is 12.2. The lowest BCUT2D eigenvalue weighted by atomic mass is 10.1. The zero-order valence-electron chi connectivity index (χ0n) is 14.5. The number of aliphatic hydroxyl groups excluding tert-OH is 1. The Morgan fingerprint density at radius 2 is 1.84 bits per heavy atom. The summed E-state index contributed by atoms with van der Waals surface area (Å²) in [5.41, 5.74) is 4.04. The van der Waals surface area contributed by atoms with Gasteiger partial charge in [0.15, 0.2) is 0 Å². The minimum absolute atomic E-state index is 0.0313. The molecule has 0 fully saturated rings. The summed E-state index contributed by atoms with van der Waals surface area (Å²) in [6, 6.07) is 18.0. The van der Waals surface area contributed by atoms with Crippen molar-refractivity contribution < 1.29 is 9.84 Å². The van der Waals surface area contributed by atoms with E-state index in [4.69, 9.17) is 9.84 Å². The first kappa shape index (κ1) is 17.2. The predicted molar refractivity (Wildman–Crippen MR) is 98.9 cm³/mol. The quantitative estimate of drug-likeness (QED) is 0.696. The van der Waals surface area contributed by atoms with Crippen LogP contribution in [0.15, 0.2) is 60.8 Å². The maximum atomic E-state index is 9.24. The zero-order chi connectivity index (χ0) is 17.6. The molecule has 25 heavy (non-hydrogen) atoms. The Balaban J connectivity index is 1.96. The van der Waals surface area contributed by atoms with E-state index in [1.54, 1.807) is 7.11 Å². The molecule has 5 heteroatoms. The number of aliphatic hydroxyl groups is 1. The van der Waals surface area contributed by atoms with E-state index in [0.717, 1.165) is 28.3 Å². The molecule has 0 saturated carbocycles. The summed E-state index contributed by atoms with van der Waals surface area (Å²) in [4.78, 5) is 0. The third kappa shape index (κ3) is 4.07. The lowest BCUT2D eigenvalue weighted by Crippen LogP contribution is -2.28. The van der Waals surface area contributed by atoms with E-state index in [9.17, 15) is 5.11 Å². The molecule has 0 saturated heterocycles. The van der Waals surface area contributed by atoms with Crippen LogP contribution in [-0.2, 0) is 6.54 Å². The molecule has 0 aliphatic heterocycles. The Kier molecular flexibility index (Phi) is 5.48. The second kappa shape index (κ2) is 7.96. The highest BCUT2D eigenvalue weighted by molar-refractivity contribution is 5.64. The molecular formula is C20H23N3O2. The SMILES string of the molecule is COc1ccc(-c2nn(-c3ccccc3)cc2CNC(C)CO)cc1. The molecule has 0 radical (unpaired) electrons. The van der Waals surface area contributed by atoms with Crippen LogP contribution < -0.4 is 10.1 Å². The Morgan fingerprint density at radius 3 is 2.48 bits per heavy atom. The normalized spacial score (nSPS) is 12.1. The van der Waals surface area contributed by atoms with Gasteiger partial charge in [-0.2, -0.15) is 5.10 Å². The molecular weight excluding hydrogens is 314 g/mol. The number of para-hydroxylation sites is 1. The number of benzene rings is 2. The van der Waals surface area contributed by atoms with Gasteiger partial charge in [-0.15, -0.1) is 0 Å². The van der Waals surface area contributed by atoms with E-state index in [-0.39, 0.29) is 12.6 Å². The Morgan fingerprint density at radius 1 is 1.12 bits per heavy atom. The van der Waals surface area contributed by atoms with Gasteiger partial charge in [-0.3, -0.25) is 0 Å². The molecule has 3 rings (SSSR count). The first-order valence-electron chi connectivity index (χ1n) is 8.34. The van der Waals surface area contributed by atoms with Crippen molar-refractivity contribution in [2.45, 2.75) is 19.5 Å². The molecule has 3 aromatic rings. The fraction of sp³-hybridized carbons (Fsp3) is 0.250. The summed E-state index contributed by atoms with van der Waals surface area (Å²) in [5, 5.41) is 17.3. The van der Waals surface area contributed by atoms with Crippen LogP contribution in [0.2, 0.25) is 0 Å². The van der Waals surface area contributed by atoms with Crippen LogP contribution in [0.25, 0.3) is 16.9 Å². The van der Waals surface area contributed by atoms with E-state index in [2.05, 4.69) is 5.32 Å². The number of rotatable bonds is 7. The molecule has 2 N–H and O–H groups in total. The molecule has 0 amide bonds. The predicted octanol–water partition coefficient (Wildman–Crippen LogP) is 3.02. The average Bonchev–Trinajstić information content (AvgIpc) is 3.11. The van der Waals surface area contributed by atoms with Crippen molar-refractivity contribution >= 4 is 0 Å². The number of nitrogens with zero attached hydrogens (tertiary/aromatic N) is 2. The van der Waals surface area contributed by atoms with Gasteiger partial charge >= 0.3 is 0 Å².